The minimum atomic E-state index is 0.765. The van der Waals surface area contributed by atoms with Gasteiger partial charge in [0.15, 0.2) is 0 Å². The molecule has 0 bridgehead atoms. The normalized spacial score (nSPS) is 26.1. The predicted octanol–water partition coefficient (Wildman–Crippen LogP) is 3.11. The molecule has 2 fully saturated rings. The lowest BCUT2D eigenvalue weighted by atomic mass is 9.94. The summed E-state index contributed by atoms with van der Waals surface area (Å²) in [4.78, 5) is 5.21. The zero-order chi connectivity index (χ0) is 14.9. The first-order valence-electron chi connectivity index (χ1n) is 9.45. The van der Waals surface area contributed by atoms with E-state index in [4.69, 9.17) is 0 Å². The van der Waals surface area contributed by atoms with Gasteiger partial charge in [-0.3, -0.25) is 0 Å². The molecular formula is C18H37N3. The molecule has 0 aromatic heterocycles. The second kappa shape index (κ2) is 9.81. The fourth-order valence-corrected chi connectivity index (χ4v) is 4.02. The van der Waals surface area contributed by atoms with Crippen LogP contribution in [0.3, 0.4) is 0 Å². The first-order chi connectivity index (χ1) is 10.3. The van der Waals surface area contributed by atoms with Crippen molar-refractivity contribution >= 4 is 0 Å². The molecule has 1 saturated carbocycles. The lowest BCUT2D eigenvalue weighted by Gasteiger charge is -2.31. The van der Waals surface area contributed by atoms with Gasteiger partial charge in [-0.25, -0.2) is 0 Å². The Morgan fingerprint density at radius 3 is 2.57 bits per heavy atom. The minimum Gasteiger partial charge on any atom is -0.314 e. The molecule has 1 atom stereocenters. The van der Waals surface area contributed by atoms with Crippen molar-refractivity contribution < 1.29 is 0 Å². The Hall–Kier alpha value is -0.120. The molecule has 1 N–H and O–H groups in total. The van der Waals surface area contributed by atoms with Gasteiger partial charge >= 0.3 is 0 Å². The number of rotatable bonds is 7. The van der Waals surface area contributed by atoms with Crippen LogP contribution in [0.1, 0.15) is 64.7 Å². The Labute approximate surface area is 132 Å². The van der Waals surface area contributed by atoms with E-state index < -0.39 is 0 Å². The van der Waals surface area contributed by atoms with E-state index in [1.165, 1.54) is 90.5 Å². The first-order valence-corrected chi connectivity index (χ1v) is 9.45. The van der Waals surface area contributed by atoms with Gasteiger partial charge in [0.25, 0.3) is 0 Å². The molecule has 1 heterocycles. The van der Waals surface area contributed by atoms with Crippen LogP contribution in [0.15, 0.2) is 0 Å². The highest BCUT2D eigenvalue weighted by atomic mass is 15.1. The van der Waals surface area contributed by atoms with E-state index in [1.54, 1.807) is 0 Å². The van der Waals surface area contributed by atoms with Crippen LogP contribution >= 0.6 is 0 Å². The number of nitrogens with one attached hydrogen (secondary N) is 1. The standard InChI is InChI=1S/C18H37N3/c1-3-21-15-7-9-17(12-16-21)19-13-8-14-20(2)18-10-5-4-6-11-18/h17-19H,3-16H2,1-2H3. The molecule has 1 saturated heterocycles. The number of hydrogen-bond donors (Lipinski definition) is 1. The number of nitrogens with zero attached hydrogens (tertiary/aromatic N) is 2. The van der Waals surface area contributed by atoms with E-state index >= 15 is 0 Å². The van der Waals surface area contributed by atoms with Crippen LogP contribution in [0.25, 0.3) is 0 Å². The Morgan fingerprint density at radius 1 is 1.00 bits per heavy atom. The van der Waals surface area contributed by atoms with Crippen molar-refractivity contribution in [2.24, 2.45) is 0 Å². The SMILES string of the molecule is CCN1CCCC(NCCCN(C)C2CCCCC2)CC1. The van der Waals surface area contributed by atoms with Gasteiger partial charge in [-0.15, -0.1) is 0 Å². The molecule has 3 heteroatoms. The fourth-order valence-electron chi connectivity index (χ4n) is 4.02. The first kappa shape index (κ1) is 17.2. The van der Waals surface area contributed by atoms with Crippen molar-refractivity contribution in [2.75, 3.05) is 39.8 Å². The Bertz CT molecular complexity index is 263. The van der Waals surface area contributed by atoms with Crippen molar-refractivity contribution in [3.05, 3.63) is 0 Å². The minimum absolute atomic E-state index is 0.765. The van der Waals surface area contributed by atoms with Gasteiger partial charge in [0.05, 0.1) is 0 Å². The molecule has 2 aliphatic rings. The van der Waals surface area contributed by atoms with Gasteiger partial charge in [0.1, 0.15) is 0 Å². The highest BCUT2D eigenvalue weighted by Gasteiger charge is 2.18. The van der Waals surface area contributed by atoms with Gasteiger partial charge < -0.3 is 15.1 Å². The maximum absolute atomic E-state index is 3.81. The molecule has 0 spiro atoms. The molecule has 3 nitrogen and oxygen atoms in total. The van der Waals surface area contributed by atoms with Gasteiger partial charge in [0.2, 0.25) is 0 Å². The van der Waals surface area contributed by atoms with Gasteiger partial charge in [-0.1, -0.05) is 26.2 Å². The smallest absolute Gasteiger partial charge is 0.00922 e. The zero-order valence-electron chi connectivity index (χ0n) is 14.4. The molecule has 0 aromatic rings. The summed E-state index contributed by atoms with van der Waals surface area (Å²) in [6.45, 7) is 8.57. The van der Waals surface area contributed by atoms with Crippen molar-refractivity contribution in [3.8, 4) is 0 Å². The second-order valence-corrected chi connectivity index (χ2v) is 7.14. The lowest BCUT2D eigenvalue weighted by Crippen LogP contribution is -2.37. The quantitative estimate of drug-likeness (QED) is 0.728. The second-order valence-electron chi connectivity index (χ2n) is 7.14. The third-order valence-electron chi connectivity index (χ3n) is 5.59. The van der Waals surface area contributed by atoms with E-state index in [2.05, 4.69) is 29.1 Å². The molecule has 0 aromatic carbocycles. The predicted molar refractivity (Wildman–Crippen MR) is 91.9 cm³/mol. The van der Waals surface area contributed by atoms with Crippen LogP contribution in [0.5, 0.6) is 0 Å². The third kappa shape index (κ3) is 6.25. The maximum atomic E-state index is 3.81. The van der Waals surface area contributed by atoms with E-state index in [0.29, 0.717) is 0 Å². The van der Waals surface area contributed by atoms with Crippen LogP contribution in [-0.4, -0.2) is 61.7 Å². The monoisotopic (exact) mass is 295 g/mol. The summed E-state index contributed by atoms with van der Waals surface area (Å²) in [6.07, 6.45) is 12.6. The Balaban J connectivity index is 1.54. The summed E-state index contributed by atoms with van der Waals surface area (Å²) >= 11 is 0. The molecule has 1 aliphatic heterocycles. The van der Waals surface area contributed by atoms with Gasteiger partial charge in [-0.05, 0) is 78.3 Å². The fraction of sp³-hybridized carbons (Fsp3) is 1.00. The van der Waals surface area contributed by atoms with Crippen LogP contribution in [0.2, 0.25) is 0 Å². The highest BCUT2D eigenvalue weighted by molar-refractivity contribution is 4.76. The molecule has 21 heavy (non-hydrogen) atoms. The molecular weight excluding hydrogens is 258 g/mol. The summed E-state index contributed by atoms with van der Waals surface area (Å²) in [5.41, 5.74) is 0. The maximum Gasteiger partial charge on any atom is 0.00922 e. The molecule has 1 unspecified atom stereocenters. The average Bonchev–Trinajstić information content (AvgIpc) is 2.77. The molecule has 1 aliphatic carbocycles. The summed E-state index contributed by atoms with van der Waals surface area (Å²) in [7, 11) is 2.33. The van der Waals surface area contributed by atoms with Gasteiger partial charge in [0, 0.05) is 12.1 Å². The summed E-state index contributed by atoms with van der Waals surface area (Å²) in [5, 5.41) is 3.81. The van der Waals surface area contributed by atoms with Crippen molar-refractivity contribution in [3.63, 3.8) is 0 Å². The van der Waals surface area contributed by atoms with Gasteiger partial charge in [-0.2, -0.15) is 0 Å². The largest absolute Gasteiger partial charge is 0.314 e. The van der Waals surface area contributed by atoms with Crippen LogP contribution in [0.4, 0.5) is 0 Å². The zero-order valence-corrected chi connectivity index (χ0v) is 14.4. The van der Waals surface area contributed by atoms with E-state index in [-0.39, 0.29) is 0 Å². The highest BCUT2D eigenvalue weighted by Crippen LogP contribution is 2.21. The molecule has 2 rings (SSSR count). The van der Waals surface area contributed by atoms with Crippen LogP contribution in [0, 0.1) is 0 Å². The van der Waals surface area contributed by atoms with E-state index in [9.17, 15) is 0 Å². The number of likely N-dealkylation sites (tertiary alicyclic amines) is 1. The van der Waals surface area contributed by atoms with Crippen molar-refractivity contribution in [1.29, 1.82) is 0 Å². The van der Waals surface area contributed by atoms with Crippen LogP contribution < -0.4 is 5.32 Å². The van der Waals surface area contributed by atoms with Crippen LogP contribution in [-0.2, 0) is 0 Å². The Kier molecular flexibility index (Phi) is 8.05. The average molecular weight is 296 g/mol. The third-order valence-corrected chi connectivity index (χ3v) is 5.59. The van der Waals surface area contributed by atoms with E-state index in [0.717, 1.165) is 12.1 Å². The lowest BCUT2D eigenvalue weighted by molar-refractivity contribution is 0.189. The van der Waals surface area contributed by atoms with Crippen molar-refractivity contribution in [1.82, 2.24) is 15.1 Å². The molecule has 0 amide bonds. The summed E-state index contributed by atoms with van der Waals surface area (Å²) in [5.74, 6) is 0. The Morgan fingerprint density at radius 2 is 1.81 bits per heavy atom. The topological polar surface area (TPSA) is 18.5 Å². The molecule has 0 radical (unpaired) electrons. The number of hydrogen-bond acceptors (Lipinski definition) is 3. The summed E-state index contributed by atoms with van der Waals surface area (Å²) < 4.78 is 0. The van der Waals surface area contributed by atoms with E-state index in [1.807, 2.05) is 0 Å². The van der Waals surface area contributed by atoms with Crippen molar-refractivity contribution in [2.45, 2.75) is 76.8 Å². The summed E-state index contributed by atoms with van der Waals surface area (Å²) in [6, 6.07) is 1.64. The molecule has 124 valence electrons.